The molecule has 0 bridgehead atoms. The quantitative estimate of drug-likeness (QED) is 0.656. The number of hydrogen-bond acceptors (Lipinski definition) is 4. The highest BCUT2D eigenvalue weighted by molar-refractivity contribution is 5.79. The summed E-state index contributed by atoms with van der Waals surface area (Å²) in [5.74, 6) is -0.513. The molecule has 1 amide bonds. The zero-order chi connectivity index (χ0) is 19.4. The molecule has 0 saturated heterocycles. The van der Waals surface area contributed by atoms with Crippen molar-refractivity contribution in [1.82, 2.24) is 24.5 Å². The van der Waals surface area contributed by atoms with Crippen LogP contribution in [0, 0.1) is 12.7 Å². The molecule has 3 rings (SSSR count). The van der Waals surface area contributed by atoms with Gasteiger partial charge >= 0.3 is 0 Å². The molecule has 0 atom stereocenters. The number of amides is 1. The third kappa shape index (κ3) is 4.00. The molecule has 2 aromatic heterocycles. The van der Waals surface area contributed by atoms with Crippen molar-refractivity contribution < 1.29 is 14.3 Å². The molecule has 27 heavy (non-hydrogen) atoms. The van der Waals surface area contributed by atoms with Gasteiger partial charge in [0, 0.05) is 31.6 Å². The highest BCUT2D eigenvalue weighted by Crippen LogP contribution is 2.18. The Hall–Kier alpha value is -2.74. The molecule has 0 aliphatic heterocycles. The van der Waals surface area contributed by atoms with Crippen LogP contribution in [0.25, 0.3) is 11.0 Å². The van der Waals surface area contributed by atoms with Crippen LogP contribution in [0.15, 0.2) is 30.5 Å². The molecule has 1 N–H and O–H groups in total. The van der Waals surface area contributed by atoms with Crippen molar-refractivity contribution in [1.29, 1.82) is 0 Å². The lowest BCUT2D eigenvalue weighted by atomic mass is 10.2. The maximum absolute atomic E-state index is 13.9. The second kappa shape index (κ2) is 8.30. The van der Waals surface area contributed by atoms with Gasteiger partial charge in [-0.15, -0.1) is 0 Å². The smallest absolute Gasteiger partial charge is 0.224 e. The van der Waals surface area contributed by atoms with E-state index in [-0.39, 0.29) is 37.8 Å². The number of aliphatic hydroxyl groups is 1. The number of carbonyl (C=O) groups is 1. The zero-order valence-electron chi connectivity index (χ0n) is 15.6. The molecule has 0 fully saturated rings. The lowest BCUT2D eigenvalue weighted by molar-refractivity contribution is -0.132. The molecule has 0 saturated carbocycles. The Morgan fingerprint density at radius 1 is 1.30 bits per heavy atom. The van der Waals surface area contributed by atoms with E-state index < -0.39 is 0 Å². The number of benzene rings is 1. The van der Waals surface area contributed by atoms with E-state index in [0.29, 0.717) is 12.1 Å². The molecular formula is C19H24FN5O2. The fourth-order valence-corrected chi connectivity index (χ4v) is 3.23. The first-order valence-electron chi connectivity index (χ1n) is 9.06. The molecule has 0 spiro atoms. The highest BCUT2D eigenvalue weighted by atomic mass is 19.1. The Balaban J connectivity index is 1.71. The fourth-order valence-electron chi connectivity index (χ4n) is 3.23. The molecule has 144 valence electrons. The van der Waals surface area contributed by atoms with E-state index in [1.165, 1.54) is 11.0 Å². The van der Waals surface area contributed by atoms with Gasteiger partial charge in [-0.05, 0) is 19.9 Å². The predicted octanol–water partition coefficient (Wildman–Crippen LogP) is 2.11. The molecule has 7 nitrogen and oxygen atoms in total. The average Bonchev–Trinajstić information content (AvgIpc) is 3.22. The first kappa shape index (κ1) is 19.0. The van der Waals surface area contributed by atoms with Gasteiger partial charge in [0.05, 0.1) is 25.0 Å². The second-order valence-corrected chi connectivity index (χ2v) is 6.38. The number of aromatic nitrogens is 4. The molecule has 1 aromatic carbocycles. The van der Waals surface area contributed by atoms with Crippen LogP contribution < -0.4 is 0 Å². The van der Waals surface area contributed by atoms with Gasteiger partial charge in [0.15, 0.2) is 0 Å². The number of carbonyl (C=O) groups excluding carboxylic acids is 1. The van der Waals surface area contributed by atoms with Gasteiger partial charge < -0.3 is 10.0 Å². The van der Waals surface area contributed by atoms with Gasteiger partial charge in [-0.3, -0.25) is 14.2 Å². The van der Waals surface area contributed by atoms with E-state index in [0.717, 1.165) is 23.3 Å². The summed E-state index contributed by atoms with van der Waals surface area (Å²) in [6, 6.07) is 6.35. The third-order valence-electron chi connectivity index (χ3n) is 4.59. The number of aliphatic hydroxyl groups excluding tert-OH is 1. The van der Waals surface area contributed by atoms with Crippen LogP contribution in [-0.4, -0.2) is 48.6 Å². The van der Waals surface area contributed by atoms with Crippen molar-refractivity contribution >= 4 is 16.9 Å². The normalized spacial score (nSPS) is 11.3. The van der Waals surface area contributed by atoms with Crippen molar-refractivity contribution in [3.8, 4) is 0 Å². The van der Waals surface area contributed by atoms with Crippen molar-refractivity contribution in [2.75, 3.05) is 13.2 Å². The predicted molar refractivity (Wildman–Crippen MR) is 99.4 cm³/mol. The lowest BCUT2D eigenvalue weighted by Gasteiger charge is -2.22. The summed E-state index contributed by atoms with van der Waals surface area (Å²) in [5, 5.41) is 18.1. The Morgan fingerprint density at radius 2 is 2.07 bits per heavy atom. The number of aryl methyl sites for hydroxylation is 3. The first-order valence-corrected chi connectivity index (χ1v) is 9.06. The van der Waals surface area contributed by atoms with E-state index >= 15 is 0 Å². The minimum atomic E-state index is -0.357. The molecule has 8 heteroatoms. The maximum atomic E-state index is 13.9. The highest BCUT2D eigenvalue weighted by Gasteiger charge is 2.18. The van der Waals surface area contributed by atoms with Crippen LogP contribution in [0.2, 0.25) is 0 Å². The summed E-state index contributed by atoms with van der Waals surface area (Å²) < 4.78 is 17.6. The maximum Gasteiger partial charge on any atom is 0.224 e. The standard InChI is InChI=1S/C19H24FN5O2/c1-3-24-17-12-21-25(19(17)14(2)22-24)9-8-18(27)23(10-11-26)13-15-6-4-5-7-16(15)20/h4-7,12,26H,3,8-11,13H2,1-2H3. The summed E-state index contributed by atoms with van der Waals surface area (Å²) >= 11 is 0. The molecular weight excluding hydrogens is 349 g/mol. The Morgan fingerprint density at radius 3 is 2.78 bits per heavy atom. The van der Waals surface area contributed by atoms with Crippen LogP contribution in [0.1, 0.15) is 24.6 Å². The van der Waals surface area contributed by atoms with E-state index in [4.69, 9.17) is 0 Å². The minimum absolute atomic E-state index is 0.132. The number of fused-ring (bicyclic) bond motifs is 1. The fraction of sp³-hybridized carbons (Fsp3) is 0.421. The van der Waals surface area contributed by atoms with E-state index in [1.54, 1.807) is 29.1 Å². The van der Waals surface area contributed by atoms with Crippen LogP contribution in [0.3, 0.4) is 0 Å². The summed E-state index contributed by atoms with van der Waals surface area (Å²) in [6.45, 7) is 5.21. The second-order valence-electron chi connectivity index (χ2n) is 6.38. The Bertz CT molecular complexity index is 933. The summed E-state index contributed by atoms with van der Waals surface area (Å²) in [7, 11) is 0. The van der Waals surface area contributed by atoms with E-state index in [9.17, 15) is 14.3 Å². The molecule has 0 radical (unpaired) electrons. The number of halogens is 1. The number of hydrogen-bond donors (Lipinski definition) is 1. The van der Waals surface area contributed by atoms with Crippen LogP contribution in [-0.2, 0) is 24.4 Å². The summed E-state index contributed by atoms with van der Waals surface area (Å²) in [5.41, 5.74) is 3.17. The topological polar surface area (TPSA) is 76.2 Å². The van der Waals surface area contributed by atoms with Gasteiger partial charge in [-0.2, -0.15) is 10.2 Å². The minimum Gasteiger partial charge on any atom is -0.395 e. The number of rotatable bonds is 8. The van der Waals surface area contributed by atoms with Crippen molar-refractivity contribution in [3.63, 3.8) is 0 Å². The van der Waals surface area contributed by atoms with E-state index in [1.807, 2.05) is 18.5 Å². The van der Waals surface area contributed by atoms with Crippen molar-refractivity contribution in [2.24, 2.45) is 0 Å². The Labute approximate surface area is 157 Å². The van der Waals surface area contributed by atoms with Crippen LogP contribution in [0.5, 0.6) is 0 Å². The van der Waals surface area contributed by atoms with Gasteiger partial charge in [-0.1, -0.05) is 18.2 Å². The van der Waals surface area contributed by atoms with E-state index in [2.05, 4.69) is 10.2 Å². The van der Waals surface area contributed by atoms with Crippen LogP contribution in [0.4, 0.5) is 4.39 Å². The van der Waals surface area contributed by atoms with Gasteiger partial charge in [0.1, 0.15) is 16.9 Å². The zero-order valence-corrected chi connectivity index (χ0v) is 15.6. The number of nitrogens with zero attached hydrogens (tertiary/aromatic N) is 5. The molecule has 0 unspecified atom stereocenters. The molecule has 0 aliphatic rings. The largest absolute Gasteiger partial charge is 0.395 e. The summed E-state index contributed by atoms with van der Waals surface area (Å²) in [6.07, 6.45) is 1.97. The molecule has 0 aliphatic carbocycles. The van der Waals surface area contributed by atoms with Gasteiger partial charge in [0.25, 0.3) is 0 Å². The lowest BCUT2D eigenvalue weighted by Crippen LogP contribution is -2.34. The van der Waals surface area contributed by atoms with Crippen molar-refractivity contribution in [3.05, 3.63) is 47.5 Å². The Kier molecular flexibility index (Phi) is 5.85. The third-order valence-corrected chi connectivity index (χ3v) is 4.59. The SMILES string of the molecule is CCn1nc(C)c2c1cnn2CCC(=O)N(CCO)Cc1ccccc1F. The van der Waals surface area contributed by atoms with Crippen molar-refractivity contribution in [2.45, 2.75) is 39.9 Å². The van der Waals surface area contributed by atoms with Gasteiger partial charge in [0.2, 0.25) is 5.91 Å². The van der Waals surface area contributed by atoms with Gasteiger partial charge in [-0.25, -0.2) is 4.39 Å². The molecule has 2 heterocycles. The average molecular weight is 373 g/mol. The monoisotopic (exact) mass is 373 g/mol. The molecule has 3 aromatic rings. The first-order chi connectivity index (χ1) is 13.0. The summed E-state index contributed by atoms with van der Waals surface area (Å²) in [4.78, 5) is 14.1. The van der Waals surface area contributed by atoms with Crippen LogP contribution >= 0.6 is 0 Å².